The highest BCUT2D eigenvalue weighted by Crippen LogP contribution is 2.34. The lowest BCUT2D eigenvalue weighted by molar-refractivity contribution is -0.150. The van der Waals surface area contributed by atoms with Gasteiger partial charge in [-0.25, -0.2) is 0 Å². The van der Waals surface area contributed by atoms with E-state index in [1.54, 1.807) is 20.8 Å². The van der Waals surface area contributed by atoms with Crippen molar-refractivity contribution in [1.82, 2.24) is 14.7 Å². The van der Waals surface area contributed by atoms with Crippen molar-refractivity contribution in [3.8, 4) is 0 Å². The molecule has 3 heterocycles. The molecule has 28 heavy (non-hydrogen) atoms. The van der Waals surface area contributed by atoms with Crippen LogP contribution in [-0.2, 0) is 19.2 Å². The smallest absolute Gasteiger partial charge is 0.314 e. The molecule has 0 aromatic rings. The fourth-order valence-electron chi connectivity index (χ4n) is 3.43. The van der Waals surface area contributed by atoms with Gasteiger partial charge < -0.3 is 19.8 Å². The Morgan fingerprint density at radius 2 is 1.39 bits per heavy atom. The molecule has 4 aliphatic rings. The van der Waals surface area contributed by atoms with Crippen molar-refractivity contribution in [2.24, 2.45) is 11.3 Å². The first kappa shape index (κ1) is 20.1. The largest absolute Gasteiger partial charge is 0.481 e. The van der Waals surface area contributed by atoms with Gasteiger partial charge in [0.05, 0.1) is 5.70 Å². The molecule has 0 spiro atoms. The first-order valence-electron chi connectivity index (χ1n) is 9.55. The zero-order valence-electron chi connectivity index (χ0n) is 16.8. The third kappa shape index (κ3) is 4.26. The summed E-state index contributed by atoms with van der Waals surface area (Å²) in [6, 6.07) is 0. The van der Waals surface area contributed by atoms with Gasteiger partial charge in [-0.05, 0) is 12.3 Å². The summed E-state index contributed by atoms with van der Waals surface area (Å²) < 4.78 is 0. The predicted octanol–water partition coefficient (Wildman–Crippen LogP) is 0.503. The molecule has 0 aromatic heterocycles. The third-order valence-electron chi connectivity index (χ3n) is 5.01. The van der Waals surface area contributed by atoms with E-state index in [4.69, 9.17) is 5.11 Å². The van der Waals surface area contributed by atoms with E-state index in [2.05, 4.69) is 0 Å². The Morgan fingerprint density at radius 1 is 0.929 bits per heavy atom. The normalized spacial score (nSPS) is 21.7. The topological polar surface area (TPSA) is 97.5 Å². The summed E-state index contributed by atoms with van der Waals surface area (Å²) in [7, 11) is 0. The average molecular weight is 389 g/mol. The lowest BCUT2D eigenvalue weighted by Gasteiger charge is -2.24. The number of aliphatic carboxylic acids is 1. The van der Waals surface area contributed by atoms with Crippen LogP contribution < -0.4 is 0 Å². The van der Waals surface area contributed by atoms with E-state index >= 15 is 0 Å². The molecule has 8 nitrogen and oxygen atoms in total. The van der Waals surface area contributed by atoms with Crippen molar-refractivity contribution in [3.63, 3.8) is 0 Å². The number of nitrogens with zero attached hydrogens (tertiary/aromatic N) is 3. The number of carboxylic acids is 1. The number of carboxylic acid groups (broad SMARTS) is 1. The lowest BCUT2D eigenvalue weighted by atomic mass is 9.78. The quantitative estimate of drug-likeness (QED) is 0.413. The lowest BCUT2D eigenvalue weighted by Crippen LogP contribution is -2.33. The second-order valence-corrected chi connectivity index (χ2v) is 8.63. The molecule has 1 aliphatic carbocycles. The highest BCUT2D eigenvalue weighted by molar-refractivity contribution is 6.22. The molecular formula is C20H27N3O5. The second-order valence-electron chi connectivity index (χ2n) is 8.63. The van der Waals surface area contributed by atoms with Crippen LogP contribution in [0.25, 0.3) is 0 Å². The molecule has 1 N–H and O–H groups in total. The van der Waals surface area contributed by atoms with E-state index in [-0.39, 0.29) is 17.3 Å². The minimum absolute atomic E-state index is 0.00546. The molecule has 0 radical (unpaired) electrons. The van der Waals surface area contributed by atoms with Crippen LogP contribution in [0.15, 0.2) is 23.2 Å². The maximum atomic E-state index is 12.4. The van der Waals surface area contributed by atoms with Crippen LogP contribution in [0, 0.1) is 11.3 Å². The van der Waals surface area contributed by atoms with Crippen LogP contribution in [0.2, 0.25) is 0 Å². The standard InChI is InChI=1S/C12H13N3O2.C8H14O3/c16-9-7-8(13-1-2-13)12(17)11(15-5-6-15)10(9)14-3-4-14;1-5(9)6(7(10)11)8(2,3)4/h7H,1-6H2;6H,1-4H3,(H,10,11). The van der Waals surface area contributed by atoms with Crippen LogP contribution in [0.5, 0.6) is 0 Å². The van der Waals surface area contributed by atoms with Crippen molar-refractivity contribution >= 4 is 23.3 Å². The number of rotatable bonds is 5. The van der Waals surface area contributed by atoms with Gasteiger partial charge in [0, 0.05) is 45.3 Å². The zero-order valence-corrected chi connectivity index (χ0v) is 16.8. The molecule has 3 aliphatic heterocycles. The molecule has 4 rings (SSSR count). The van der Waals surface area contributed by atoms with Crippen LogP contribution in [-0.4, -0.2) is 82.4 Å². The Bertz CT molecular complexity index is 779. The Balaban J connectivity index is 0.000000180. The molecule has 0 bridgehead atoms. The summed E-state index contributed by atoms with van der Waals surface area (Å²) in [5.74, 6) is -2.16. The Hall–Kier alpha value is -2.64. The summed E-state index contributed by atoms with van der Waals surface area (Å²) in [6.07, 6.45) is 1.52. The first-order valence-corrected chi connectivity index (χ1v) is 9.55. The van der Waals surface area contributed by atoms with E-state index in [9.17, 15) is 19.2 Å². The molecule has 0 amide bonds. The average Bonchev–Trinajstić information content (AvgIpc) is 3.42. The number of hydrogen-bond acceptors (Lipinski definition) is 7. The fraction of sp³-hybridized carbons (Fsp3) is 0.600. The monoisotopic (exact) mass is 389 g/mol. The van der Waals surface area contributed by atoms with Gasteiger partial charge >= 0.3 is 5.97 Å². The van der Waals surface area contributed by atoms with Crippen LogP contribution >= 0.6 is 0 Å². The van der Waals surface area contributed by atoms with E-state index < -0.39 is 17.3 Å². The molecule has 3 saturated heterocycles. The minimum atomic E-state index is -1.04. The fourth-order valence-corrected chi connectivity index (χ4v) is 3.43. The molecule has 0 aromatic carbocycles. The summed E-state index contributed by atoms with van der Waals surface area (Å²) in [6.45, 7) is 11.9. The number of ketones is 3. The van der Waals surface area contributed by atoms with Crippen molar-refractivity contribution in [1.29, 1.82) is 0 Å². The molecule has 0 saturated carbocycles. The van der Waals surface area contributed by atoms with Gasteiger partial charge in [-0.2, -0.15) is 0 Å². The van der Waals surface area contributed by atoms with Gasteiger partial charge in [0.25, 0.3) is 0 Å². The van der Waals surface area contributed by atoms with Crippen molar-refractivity contribution in [2.45, 2.75) is 27.7 Å². The highest BCUT2D eigenvalue weighted by atomic mass is 16.4. The number of Topliss-reactive ketones (excluding diaryl/α,β-unsaturated/α-hetero) is 2. The van der Waals surface area contributed by atoms with Gasteiger partial charge in [-0.15, -0.1) is 0 Å². The van der Waals surface area contributed by atoms with Crippen molar-refractivity contribution < 1.29 is 24.3 Å². The van der Waals surface area contributed by atoms with E-state index in [1.807, 2.05) is 14.7 Å². The Labute approximate surface area is 164 Å². The van der Waals surface area contributed by atoms with Gasteiger partial charge in [0.1, 0.15) is 23.1 Å². The van der Waals surface area contributed by atoms with Gasteiger partial charge in [-0.1, -0.05) is 20.8 Å². The minimum Gasteiger partial charge on any atom is -0.481 e. The number of carbonyl (C=O) groups excluding carboxylic acids is 3. The summed E-state index contributed by atoms with van der Waals surface area (Å²) in [5, 5.41) is 8.66. The van der Waals surface area contributed by atoms with Gasteiger partial charge in [0.15, 0.2) is 0 Å². The number of carbonyl (C=O) groups is 4. The predicted molar refractivity (Wildman–Crippen MR) is 101 cm³/mol. The molecule has 8 heteroatoms. The van der Waals surface area contributed by atoms with Crippen LogP contribution in [0.4, 0.5) is 0 Å². The molecular weight excluding hydrogens is 362 g/mol. The zero-order chi connectivity index (χ0) is 20.8. The maximum Gasteiger partial charge on any atom is 0.314 e. The third-order valence-corrected chi connectivity index (χ3v) is 5.01. The summed E-state index contributed by atoms with van der Waals surface area (Å²) in [4.78, 5) is 51.9. The van der Waals surface area contributed by atoms with Gasteiger partial charge in [-0.3, -0.25) is 19.2 Å². The molecule has 3 fully saturated rings. The van der Waals surface area contributed by atoms with E-state index in [1.165, 1.54) is 13.0 Å². The maximum absolute atomic E-state index is 12.4. The molecule has 1 unspecified atom stereocenters. The van der Waals surface area contributed by atoms with Crippen molar-refractivity contribution in [3.05, 3.63) is 23.2 Å². The summed E-state index contributed by atoms with van der Waals surface area (Å²) in [5.41, 5.74) is 1.40. The van der Waals surface area contributed by atoms with E-state index in [0.29, 0.717) is 17.1 Å². The Kier molecular flexibility index (Phi) is 5.08. The number of allylic oxidation sites excluding steroid dienone is 1. The van der Waals surface area contributed by atoms with Crippen molar-refractivity contribution in [2.75, 3.05) is 39.3 Å². The summed E-state index contributed by atoms with van der Waals surface area (Å²) >= 11 is 0. The first-order chi connectivity index (χ1) is 13.0. The number of hydrogen-bond donors (Lipinski definition) is 1. The van der Waals surface area contributed by atoms with E-state index in [0.717, 1.165) is 39.3 Å². The van der Waals surface area contributed by atoms with Crippen LogP contribution in [0.1, 0.15) is 27.7 Å². The van der Waals surface area contributed by atoms with Crippen LogP contribution in [0.3, 0.4) is 0 Å². The SMILES string of the molecule is CC(=O)C(C(=O)O)C(C)(C)C.O=C1C=C(N2CC2)C(=O)C(N2CC2)=C1N1CC1. The highest BCUT2D eigenvalue weighted by Gasteiger charge is 2.43. The molecule has 152 valence electrons. The Morgan fingerprint density at radius 3 is 1.71 bits per heavy atom. The van der Waals surface area contributed by atoms with Gasteiger partial charge in [0.2, 0.25) is 11.6 Å². The second kappa shape index (κ2) is 7.07. The molecule has 1 atom stereocenters.